The number of rotatable bonds is 8. The van der Waals surface area contributed by atoms with E-state index in [4.69, 9.17) is 4.74 Å². The first-order valence-corrected chi connectivity index (χ1v) is 9.98. The minimum atomic E-state index is -4.11. The average molecular weight is 394 g/mol. The normalized spacial score (nSPS) is 11.4. The summed E-state index contributed by atoms with van der Waals surface area (Å²) in [6.45, 7) is 3.22. The molecule has 0 radical (unpaired) electrons. The van der Waals surface area contributed by atoms with Gasteiger partial charge in [-0.05, 0) is 36.2 Å². The first-order valence-electron chi connectivity index (χ1n) is 8.54. The average Bonchev–Trinajstić information content (AvgIpc) is 2.66. The number of amides is 1. The summed E-state index contributed by atoms with van der Waals surface area (Å²) < 4.78 is 45.4. The van der Waals surface area contributed by atoms with Crippen molar-refractivity contribution in [3.8, 4) is 5.75 Å². The van der Waals surface area contributed by atoms with Gasteiger partial charge in [0.1, 0.15) is 16.5 Å². The molecule has 2 aromatic rings. The number of hydrogen-bond donors (Lipinski definition) is 1. The molecule has 6 nitrogen and oxygen atoms in total. The monoisotopic (exact) mass is 394 g/mol. The molecule has 0 aromatic heterocycles. The van der Waals surface area contributed by atoms with Gasteiger partial charge >= 0.3 is 0 Å². The van der Waals surface area contributed by atoms with Gasteiger partial charge in [-0.1, -0.05) is 32.0 Å². The summed E-state index contributed by atoms with van der Waals surface area (Å²) in [6, 6.07) is 10.6. The minimum Gasteiger partial charge on any atom is -0.495 e. The zero-order valence-corrected chi connectivity index (χ0v) is 16.3. The third-order valence-corrected chi connectivity index (χ3v) is 6.03. The quantitative estimate of drug-likeness (QED) is 0.747. The standard InChI is InChI=1S/C19H23FN2O4S/c1-4-14-8-6-7-9-16(14)21-19(23)13-22(5-2)27(24,25)18-12-15(20)10-11-17(18)26-3/h6-12H,4-5,13H2,1-3H3,(H,21,23). The maximum Gasteiger partial charge on any atom is 0.247 e. The molecule has 0 unspecified atom stereocenters. The van der Waals surface area contributed by atoms with Crippen molar-refractivity contribution in [1.82, 2.24) is 4.31 Å². The number of halogens is 1. The Morgan fingerprint density at radius 2 is 1.89 bits per heavy atom. The molecule has 2 rings (SSSR count). The van der Waals surface area contributed by atoms with Crippen molar-refractivity contribution in [2.45, 2.75) is 25.2 Å². The highest BCUT2D eigenvalue weighted by atomic mass is 32.2. The fourth-order valence-electron chi connectivity index (χ4n) is 2.66. The summed E-state index contributed by atoms with van der Waals surface area (Å²) in [5.41, 5.74) is 1.59. The van der Waals surface area contributed by atoms with Crippen LogP contribution in [0.3, 0.4) is 0 Å². The number of carbonyl (C=O) groups excluding carboxylic acids is 1. The fraction of sp³-hybridized carbons (Fsp3) is 0.316. The predicted octanol–water partition coefficient (Wildman–Crippen LogP) is 3.05. The fourth-order valence-corrected chi connectivity index (χ4v) is 4.23. The van der Waals surface area contributed by atoms with E-state index in [1.807, 2.05) is 19.1 Å². The van der Waals surface area contributed by atoms with E-state index >= 15 is 0 Å². The van der Waals surface area contributed by atoms with Crippen molar-refractivity contribution >= 4 is 21.6 Å². The van der Waals surface area contributed by atoms with E-state index in [0.717, 1.165) is 28.4 Å². The van der Waals surface area contributed by atoms with Crippen molar-refractivity contribution in [3.63, 3.8) is 0 Å². The lowest BCUT2D eigenvalue weighted by atomic mass is 10.1. The Labute approximate surface area is 159 Å². The van der Waals surface area contributed by atoms with Crippen LogP contribution in [0.1, 0.15) is 19.4 Å². The lowest BCUT2D eigenvalue weighted by molar-refractivity contribution is -0.116. The Bertz CT molecular complexity index is 916. The molecule has 0 heterocycles. The number of benzene rings is 2. The first kappa shape index (κ1) is 20.9. The zero-order chi connectivity index (χ0) is 20.0. The van der Waals surface area contributed by atoms with Crippen molar-refractivity contribution < 1.29 is 22.3 Å². The summed E-state index contributed by atoms with van der Waals surface area (Å²) in [7, 11) is -2.81. The van der Waals surface area contributed by atoms with Gasteiger partial charge in [0.15, 0.2) is 0 Å². The molecule has 27 heavy (non-hydrogen) atoms. The van der Waals surface area contributed by atoms with E-state index in [-0.39, 0.29) is 17.2 Å². The Kier molecular flexibility index (Phi) is 6.92. The summed E-state index contributed by atoms with van der Waals surface area (Å²) in [6.07, 6.45) is 0.729. The van der Waals surface area contributed by atoms with Crippen LogP contribution >= 0.6 is 0 Å². The Morgan fingerprint density at radius 1 is 1.19 bits per heavy atom. The number of nitrogens with zero attached hydrogens (tertiary/aromatic N) is 1. The Hall–Kier alpha value is -2.45. The highest BCUT2D eigenvalue weighted by molar-refractivity contribution is 7.89. The van der Waals surface area contributed by atoms with Gasteiger partial charge in [-0.15, -0.1) is 0 Å². The summed E-state index contributed by atoms with van der Waals surface area (Å²) in [4.78, 5) is 12.1. The molecule has 1 amide bonds. The van der Waals surface area contributed by atoms with E-state index in [9.17, 15) is 17.6 Å². The molecule has 0 atom stereocenters. The summed E-state index contributed by atoms with van der Waals surface area (Å²) in [5.74, 6) is -1.16. The smallest absolute Gasteiger partial charge is 0.247 e. The molecule has 146 valence electrons. The molecule has 2 aromatic carbocycles. The number of nitrogens with one attached hydrogen (secondary N) is 1. The van der Waals surface area contributed by atoms with E-state index in [1.54, 1.807) is 19.1 Å². The highest BCUT2D eigenvalue weighted by Gasteiger charge is 2.29. The van der Waals surface area contributed by atoms with Gasteiger partial charge in [0, 0.05) is 12.2 Å². The van der Waals surface area contributed by atoms with Gasteiger partial charge in [0.25, 0.3) is 0 Å². The Balaban J connectivity index is 2.25. The predicted molar refractivity (Wildman–Crippen MR) is 102 cm³/mol. The first-order chi connectivity index (χ1) is 12.8. The molecular weight excluding hydrogens is 371 g/mol. The van der Waals surface area contributed by atoms with Gasteiger partial charge in [0.2, 0.25) is 15.9 Å². The maximum atomic E-state index is 13.6. The van der Waals surface area contributed by atoms with Gasteiger partial charge in [0.05, 0.1) is 13.7 Å². The van der Waals surface area contributed by atoms with Crippen molar-refractivity contribution in [1.29, 1.82) is 0 Å². The summed E-state index contributed by atoms with van der Waals surface area (Å²) >= 11 is 0. The van der Waals surface area contributed by atoms with Crippen molar-refractivity contribution in [2.24, 2.45) is 0 Å². The van der Waals surface area contributed by atoms with Crippen LogP contribution in [-0.4, -0.2) is 38.8 Å². The van der Waals surface area contributed by atoms with Gasteiger partial charge in [-0.3, -0.25) is 4.79 Å². The topological polar surface area (TPSA) is 75.7 Å². The van der Waals surface area contributed by atoms with E-state index in [1.165, 1.54) is 13.2 Å². The largest absolute Gasteiger partial charge is 0.495 e. The van der Waals surface area contributed by atoms with E-state index < -0.39 is 28.3 Å². The number of ether oxygens (including phenoxy) is 1. The molecule has 1 N–H and O–H groups in total. The van der Waals surface area contributed by atoms with Crippen LogP contribution < -0.4 is 10.1 Å². The number of aryl methyl sites for hydroxylation is 1. The van der Waals surface area contributed by atoms with Crippen LogP contribution in [0, 0.1) is 5.82 Å². The van der Waals surface area contributed by atoms with Crippen molar-refractivity contribution in [2.75, 3.05) is 25.5 Å². The second kappa shape index (κ2) is 8.96. The number of methoxy groups -OCH3 is 1. The SMILES string of the molecule is CCc1ccccc1NC(=O)CN(CC)S(=O)(=O)c1cc(F)ccc1OC. The molecular formula is C19H23FN2O4S. The number of carbonyl (C=O) groups is 1. The van der Waals surface area contributed by atoms with E-state index in [0.29, 0.717) is 5.69 Å². The lowest BCUT2D eigenvalue weighted by Crippen LogP contribution is -2.38. The van der Waals surface area contributed by atoms with Crippen molar-refractivity contribution in [3.05, 3.63) is 53.8 Å². The van der Waals surface area contributed by atoms with Crippen LogP contribution in [-0.2, 0) is 21.2 Å². The van der Waals surface area contributed by atoms with Crippen LogP contribution in [0.25, 0.3) is 0 Å². The molecule has 0 aliphatic rings. The third-order valence-electron chi connectivity index (χ3n) is 4.09. The second-order valence-electron chi connectivity index (χ2n) is 5.79. The van der Waals surface area contributed by atoms with Crippen LogP contribution in [0.4, 0.5) is 10.1 Å². The molecule has 0 saturated heterocycles. The number of para-hydroxylation sites is 1. The van der Waals surface area contributed by atoms with E-state index in [2.05, 4.69) is 5.32 Å². The van der Waals surface area contributed by atoms with Gasteiger partial charge in [-0.2, -0.15) is 4.31 Å². The molecule has 8 heteroatoms. The third kappa shape index (κ3) is 4.84. The maximum absolute atomic E-state index is 13.6. The lowest BCUT2D eigenvalue weighted by Gasteiger charge is -2.21. The molecule has 0 bridgehead atoms. The molecule has 0 aliphatic heterocycles. The number of anilines is 1. The number of hydrogen-bond acceptors (Lipinski definition) is 4. The van der Waals surface area contributed by atoms with Crippen LogP contribution in [0.2, 0.25) is 0 Å². The highest BCUT2D eigenvalue weighted by Crippen LogP contribution is 2.27. The second-order valence-corrected chi connectivity index (χ2v) is 7.69. The Morgan fingerprint density at radius 3 is 2.52 bits per heavy atom. The minimum absolute atomic E-state index is 0.0200. The van der Waals surface area contributed by atoms with Crippen LogP contribution in [0.5, 0.6) is 5.75 Å². The molecule has 0 aliphatic carbocycles. The molecule has 0 saturated carbocycles. The number of sulfonamides is 1. The zero-order valence-electron chi connectivity index (χ0n) is 15.5. The number of likely N-dealkylation sites (N-methyl/N-ethyl adjacent to an activating group) is 1. The molecule has 0 fully saturated rings. The summed E-state index contributed by atoms with van der Waals surface area (Å²) in [5, 5.41) is 2.74. The van der Waals surface area contributed by atoms with Crippen LogP contribution in [0.15, 0.2) is 47.4 Å². The van der Waals surface area contributed by atoms with Gasteiger partial charge in [-0.25, -0.2) is 12.8 Å². The van der Waals surface area contributed by atoms with Gasteiger partial charge < -0.3 is 10.1 Å². The molecule has 0 spiro atoms.